The molecule has 0 aromatic rings. The van der Waals surface area contributed by atoms with Crippen molar-refractivity contribution in [3.63, 3.8) is 0 Å². The topological polar surface area (TPSA) is 87.0 Å². The number of alkyl halides is 3. The van der Waals surface area contributed by atoms with E-state index >= 15 is 0 Å². The summed E-state index contributed by atoms with van der Waals surface area (Å²) in [7, 11) is 0. The molecule has 0 heterocycles. The predicted octanol–water partition coefficient (Wildman–Crippen LogP) is 6.57. The number of allylic oxidation sites excluding steroid dienone is 2. The van der Waals surface area contributed by atoms with Gasteiger partial charge in [0, 0.05) is 23.8 Å². The van der Waals surface area contributed by atoms with Gasteiger partial charge in [-0.1, -0.05) is 54.5 Å². The Labute approximate surface area is 235 Å². The number of hydrogen-bond donors (Lipinski definition) is 1. The molecule has 40 heavy (non-hydrogen) atoms. The third kappa shape index (κ3) is 3.88. The quantitative estimate of drug-likeness (QED) is 0.393. The van der Waals surface area contributed by atoms with Gasteiger partial charge in [0.2, 0.25) is 0 Å². The number of carbonyl (C=O) groups is 3. The summed E-state index contributed by atoms with van der Waals surface area (Å²) in [5, 5.41) is 12.2. The number of carbonyl (C=O) groups excluding carboxylic acids is 3. The number of rotatable bonds is 1. The lowest BCUT2D eigenvalue weighted by Crippen LogP contribution is -2.68. The highest BCUT2D eigenvalue weighted by molar-refractivity contribution is 6.04. The predicted molar refractivity (Wildman–Crippen MR) is 143 cm³/mol. The first-order valence-corrected chi connectivity index (χ1v) is 14.8. The van der Waals surface area contributed by atoms with Crippen LogP contribution in [0.15, 0.2) is 11.6 Å². The fourth-order valence-electron chi connectivity index (χ4n) is 11.1. The van der Waals surface area contributed by atoms with Crippen LogP contribution in [0.4, 0.5) is 13.2 Å². The second-order valence-electron chi connectivity index (χ2n) is 15.7. The molecule has 4 saturated carbocycles. The molecule has 5 aliphatic rings. The molecule has 0 unspecified atom stereocenters. The number of fused-ring (bicyclic) bond motifs is 7. The van der Waals surface area contributed by atoms with Gasteiger partial charge in [0.25, 0.3) is 0 Å². The lowest BCUT2D eigenvalue weighted by Gasteiger charge is -2.71. The Balaban J connectivity index is 1.56. The van der Waals surface area contributed by atoms with E-state index in [4.69, 9.17) is 0 Å². The van der Waals surface area contributed by atoms with Gasteiger partial charge in [-0.3, -0.25) is 14.4 Å². The molecular weight excluding hydrogens is 517 g/mol. The van der Waals surface area contributed by atoms with Crippen LogP contribution in [-0.4, -0.2) is 29.7 Å². The molecule has 5 nitrogen and oxygen atoms in total. The third-order valence-corrected chi connectivity index (χ3v) is 12.9. The zero-order chi connectivity index (χ0) is 29.8. The minimum absolute atomic E-state index is 0.0162. The van der Waals surface area contributed by atoms with Gasteiger partial charge in [0.1, 0.15) is 11.9 Å². The van der Waals surface area contributed by atoms with Crippen molar-refractivity contribution in [3.8, 4) is 6.07 Å². The average Bonchev–Trinajstić information content (AvgIpc) is 2.81. The van der Waals surface area contributed by atoms with Crippen LogP contribution in [0.5, 0.6) is 0 Å². The first-order valence-electron chi connectivity index (χ1n) is 14.8. The van der Waals surface area contributed by atoms with E-state index in [-0.39, 0.29) is 63.0 Å². The summed E-state index contributed by atoms with van der Waals surface area (Å²) in [6.45, 7) is 14.6. The van der Waals surface area contributed by atoms with Crippen LogP contribution >= 0.6 is 0 Å². The Morgan fingerprint density at radius 1 is 0.950 bits per heavy atom. The van der Waals surface area contributed by atoms with Crippen LogP contribution in [0.2, 0.25) is 0 Å². The maximum Gasteiger partial charge on any atom is 0.471 e. The van der Waals surface area contributed by atoms with E-state index in [0.717, 1.165) is 19.3 Å². The van der Waals surface area contributed by atoms with Gasteiger partial charge in [0.05, 0.1) is 5.57 Å². The van der Waals surface area contributed by atoms with E-state index in [1.165, 1.54) is 0 Å². The first-order chi connectivity index (χ1) is 18.2. The van der Waals surface area contributed by atoms with Gasteiger partial charge in [-0.25, -0.2) is 0 Å². The number of halogens is 3. The maximum absolute atomic E-state index is 14.4. The summed E-state index contributed by atoms with van der Waals surface area (Å²) < 4.78 is 39.7. The van der Waals surface area contributed by atoms with Gasteiger partial charge in [-0.15, -0.1) is 0 Å². The molecule has 0 aromatic carbocycles. The molecule has 0 aromatic heterocycles. The van der Waals surface area contributed by atoms with Crippen molar-refractivity contribution in [2.24, 2.45) is 56.7 Å². The molecule has 8 heteroatoms. The highest BCUT2D eigenvalue weighted by atomic mass is 19.4. The van der Waals surface area contributed by atoms with Gasteiger partial charge in [-0.05, 0) is 83.9 Å². The van der Waals surface area contributed by atoms with Crippen LogP contribution < -0.4 is 5.32 Å². The molecule has 9 atom stereocenters. The van der Waals surface area contributed by atoms with Gasteiger partial charge < -0.3 is 5.32 Å². The van der Waals surface area contributed by atoms with Crippen LogP contribution in [0.1, 0.15) is 93.4 Å². The standard InChI is InChI=1S/C32H43F3N2O3/c1-27(2)14-19-18(20(15-27)37-26(40)32(33,34)35)8-10-31(7)24(19)21(38)12-23-29(5)13-17(16-36)25(39)28(3,4)22(29)9-11-30(23,31)6/h13,18-20,22-24H,8-12,14-15H2,1-7H3,(H,37,40)/t18-,19-,20+,22-,23+,24-,29-,30+,31+/m0/s1. The van der Waals surface area contributed by atoms with Crippen molar-refractivity contribution in [1.29, 1.82) is 5.26 Å². The summed E-state index contributed by atoms with van der Waals surface area (Å²) in [5.74, 6) is -2.47. The lowest BCUT2D eigenvalue weighted by molar-refractivity contribution is -0.213. The SMILES string of the molecule is CC1(C)C[C@H]2[C@H](CC[C@]3(C)[C@@H]2C(=O)C[C@@H]2[C@@]4(C)C=C(C#N)C(=O)C(C)(C)[C@@H]4CC[C@]23C)[C@H](NC(=O)C(F)(F)F)C1. The molecule has 0 bridgehead atoms. The molecule has 1 amide bonds. The van der Waals surface area contributed by atoms with E-state index < -0.39 is 29.0 Å². The molecule has 0 spiro atoms. The average molecular weight is 561 g/mol. The van der Waals surface area contributed by atoms with Crippen LogP contribution in [-0.2, 0) is 14.4 Å². The number of nitrogens with zero attached hydrogens (tertiary/aromatic N) is 1. The summed E-state index contributed by atoms with van der Waals surface area (Å²) in [4.78, 5) is 39.6. The van der Waals surface area contributed by atoms with Crippen LogP contribution in [0.3, 0.4) is 0 Å². The monoisotopic (exact) mass is 560 g/mol. The minimum atomic E-state index is -4.94. The van der Waals surface area contributed by atoms with E-state index in [1.54, 1.807) is 0 Å². The lowest BCUT2D eigenvalue weighted by atomic mass is 9.32. The number of Topliss-reactive ketones (excluding diaryl/α,β-unsaturated/α-hetero) is 2. The van der Waals surface area contributed by atoms with Crippen molar-refractivity contribution >= 4 is 17.5 Å². The van der Waals surface area contributed by atoms with E-state index in [9.17, 15) is 32.8 Å². The van der Waals surface area contributed by atoms with Crippen molar-refractivity contribution in [3.05, 3.63) is 11.6 Å². The van der Waals surface area contributed by atoms with Gasteiger partial charge in [0.15, 0.2) is 5.78 Å². The maximum atomic E-state index is 14.4. The highest BCUT2D eigenvalue weighted by Gasteiger charge is 2.71. The first kappa shape index (κ1) is 29.3. The second-order valence-corrected chi connectivity index (χ2v) is 15.7. The number of amides is 1. The highest BCUT2D eigenvalue weighted by Crippen LogP contribution is 2.74. The molecule has 0 aliphatic heterocycles. The smallest absolute Gasteiger partial charge is 0.345 e. The molecule has 5 rings (SSSR count). The Bertz CT molecular complexity index is 1230. The van der Waals surface area contributed by atoms with Crippen molar-refractivity contribution < 1.29 is 27.6 Å². The summed E-state index contributed by atoms with van der Waals surface area (Å²) in [6.07, 6.45) is 1.51. The Hall–Kier alpha value is -2.17. The molecule has 5 aliphatic carbocycles. The molecule has 0 saturated heterocycles. The summed E-state index contributed by atoms with van der Waals surface area (Å²) >= 11 is 0. The van der Waals surface area contributed by atoms with E-state index in [2.05, 4.69) is 32.2 Å². The zero-order valence-corrected chi connectivity index (χ0v) is 24.8. The van der Waals surface area contributed by atoms with Crippen LogP contribution in [0, 0.1) is 68.0 Å². The Morgan fingerprint density at radius 3 is 2.17 bits per heavy atom. The molecule has 4 fully saturated rings. The largest absolute Gasteiger partial charge is 0.471 e. The fraction of sp³-hybridized carbons (Fsp3) is 0.812. The summed E-state index contributed by atoms with van der Waals surface area (Å²) in [5.41, 5.74) is -1.95. The number of nitrogens with one attached hydrogen (secondary N) is 1. The molecule has 0 radical (unpaired) electrons. The van der Waals surface area contributed by atoms with Crippen molar-refractivity contribution in [2.45, 2.75) is 106 Å². The number of ketones is 2. The Kier molecular flexibility index (Phi) is 6.36. The minimum Gasteiger partial charge on any atom is -0.345 e. The number of nitriles is 1. The van der Waals surface area contributed by atoms with Gasteiger partial charge in [-0.2, -0.15) is 18.4 Å². The van der Waals surface area contributed by atoms with Crippen LogP contribution in [0.25, 0.3) is 0 Å². The summed E-state index contributed by atoms with van der Waals surface area (Å²) in [6, 6.07) is 1.52. The van der Waals surface area contributed by atoms with Gasteiger partial charge >= 0.3 is 12.1 Å². The molecule has 220 valence electrons. The van der Waals surface area contributed by atoms with Crippen molar-refractivity contribution in [1.82, 2.24) is 5.32 Å². The van der Waals surface area contributed by atoms with E-state index in [0.29, 0.717) is 25.7 Å². The third-order valence-electron chi connectivity index (χ3n) is 12.9. The normalized spacial score (nSPS) is 45.6. The Morgan fingerprint density at radius 2 is 1.57 bits per heavy atom. The second kappa shape index (κ2) is 8.67. The zero-order valence-electron chi connectivity index (χ0n) is 24.8. The number of hydrogen-bond acceptors (Lipinski definition) is 4. The fourth-order valence-corrected chi connectivity index (χ4v) is 11.1. The van der Waals surface area contributed by atoms with Crippen molar-refractivity contribution in [2.75, 3.05) is 0 Å². The van der Waals surface area contributed by atoms with E-state index in [1.807, 2.05) is 33.8 Å². The molecular formula is C32H43F3N2O3. The molecule has 1 N–H and O–H groups in total.